The maximum absolute atomic E-state index is 5.72. The molecule has 2 aromatic rings. The van der Waals surface area contributed by atoms with E-state index in [0.717, 1.165) is 16.7 Å². The van der Waals surface area contributed by atoms with Gasteiger partial charge in [0.1, 0.15) is 5.82 Å². The molecule has 0 spiro atoms. The Labute approximate surface area is 122 Å². The average Bonchev–Trinajstić information content (AvgIpc) is 3.02. The highest BCUT2D eigenvalue weighted by Crippen LogP contribution is 2.36. The summed E-state index contributed by atoms with van der Waals surface area (Å²) in [4.78, 5) is 4.26. The Morgan fingerprint density at radius 1 is 1.40 bits per heavy atom. The van der Waals surface area contributed by atoms with E-state index in [1.807, 2.05) is 12.5 Å². The monoisotopic (exact) mass is 292 g/mol. The maximum atomic E-state index is 5.72. The van der Waals surface area contributed by atoms with Crippen molar-refractivity contribution < 1.29 is 0 Å². The van der Waals surface area contributed by atoms with Gasteiger partial charge in [-0.1, -0.05) is 11.8 Å². The first-order valence-corrected chi connectivity index (χ1v) is 7.96. The van der Waals surface area contributed by atoms with Gasteiger partial charge in [0.25, 0.3) is 0 Å². The van der Waals surface area contributed by atoms with Gasteiger partial charge in [-0.05, 0) is 26.7 Å². The van der Waals surface area contributed by atoms with E-state index >= 15 is 0 Å². The van der Waals surface area contributed by atoms with Gasteiger partial charge >= 0.3 is 0 Å². The van der Waals surface area contributed by atoms with Crippen molar-refractivity contribution >= 4 is 11.8 Å². The molecule has 0 atom stereocenters. The fourth-order valence-electron chi connectivity index (χ4n) is 2.33. The zero-order valence-corrected chi connectivity index (χ0v) is 12.7. The van der Waals surface area contributed by atoms with Crippen LogP contribution < -0.4 is 5.73 Å². The predicted octanol–water partition coefficient (Wildman–Crippen LogP) is 2.14. The molecule has 6 nitrogen and oxygen atoms in total. The minimum Gasteiger partial charge on any atom is -0.331 e. The number of nitrogens with two attached hydrogens (primary N) is 1. The maximum Gasteiger partial charge on any atom is 0.191 e. The van der Waals surface area contributed by atoms with E-state index < -0.39 is 0 Å². The molecule has 1 fully saturated rings. The largest absolute Gasteiger partial charge is 0.331 e. The molecule has 0 saturated heterocycles. The van der Waals surface area contributed by atoms with E-state index in [0.29, 0.717) is 18.6 Å². The highest BCUT2D eigenvalue weighted by molar-refractivity contribution is 7.98. The summed E-state index contributed by atoms with van der Waals surface area (Å²) in [6, 6.07) is 0.982. The number of thioether (sulfide) groups is 1. The van der Waals surface area contributed by atoms with Crippen molar-refractivity contribution in [3.63, 3.8) is 0 Å². The predicted molar refractivity (Wildman–Crippen MR) is 78.4 cm³/mol. The molecule has 1 saturated carbocycles. The second-order valence-corrected chi connectivity index (χ2v) is 6.32. The molecule has 0 bridgehead atoms. The minimum absolute atomic E-state index is 0.319. The van der Waals surface area contributed by atoms with Gasteiger partial charge in [-0.25, -0.2) is 4.98 Å². The van der Waals surface area contributed by atoms with Crippen LogP contribution >= 0.6 is 11.8 Å². The summed E-state index contributed by atoms with van der Waals surface area (Å²) in [5.41, 5.74) is 6.97. The van der Waals surface area contributed by atoms with Crippen LogP contribution in [0.4, 0.5) is 0 Å². The van der Waals surface area contributed by atoms with E-state index in [-0.39, 0.29) is 0 Å². The molecule has 0 aromatic carbocycles. The summed E-state index contributed by atoms with van der Waals surface area (Å²) in [6.45, 7) is 4.67. The first-order valence-electron chi connectivity index (χ1n) is 6.98. The molecule has 3 rings (SSSR count). The SMILES string of the molecule is CC(C)n1c(CN)nnc1SCc1cncn1C1CC1. The zero-order chi connectivity index (χ0) is 14.1. The summed E-state index contributed by atoms with van der Waals surface area (Å²) in [5.74, 6) is 1.71. The van der Waals surface area contributed by atoms with E-state index in [9.17, 15) is 0 Å². The van der Waals surface area contributed by atoms with Crippen LogP contribution in [0.1, 0.15) is 50.3 Å². The number of aromatic nitrogens is 5. The Bertz CT molecular complexity index is 583. The number of nitrogens with zero attached hydrogens (tertiary/aromatic N) is 5. The Morgan fingerprint density at radius 2 is 2.20 bits per heavy atom. The zero-order valence-electron chi connectivity index (χ0n) is 11.9. The van der Waals surface area contributed by atoms with Gasteiger partial charge in [0.2, 0.25) is 0 Å². The molecule has 0 radical (unpaired) electrons. The van der Waals surface area contributed by atoms with Gasteiger partial charge < -0.3 is 14.9 Å². The van der Waals surface area contributed by atoms with Gasteiger partial charge in [0.15, 0.2) is 5.16 Å². The molecule has 1 aliphatic rings. The number of imidazole rings is 1. The number of rotatable bonds is 6. The highest BCUT2D eigenvalue weighted by Gasteiger charge is 2.25. The van der Waals surface area contributed by atoms with E-state index in [2.05, 4.69) is 38.2 Å². The molecular weight excluding hydrogens is 272 g/mol. The Kier molecular flexibility index (Phi) is 3.80. The lowest BCUT2D eigenvalue weighted by molar-refractivity contribution is 0.526. The summed E-state index contributed by atoms with van der Waals surface area (Å²) >= 11 is 1.70. The van der Waals surface area contributed by atoms with Crippen molar-refractivity contribution in [3.8, 4) is 0 Å². The quantitative estimate of drug-likeness (QED) is 0.826. The molecule has 7 heteroatoms. The average molecular weight is 292 g/mol. The van der Waals surface area contributed by atoms with Crippen LogP contribution in [0.5, 0.6) is 0 Å². The van der Waals surface area contributed by atoms with Crippen molar-refractivity contribution in [3.05, 3.63) is 24.0 Å². The van der Waals surface area contributed by atoms with Gasteiger partial charge in [-0.3, -0.25) is 0 Å². The van der Waals surface area contributed by atoms with Crippen LogP contribution in [0, 0.1) is 0 Å². The molecule has 20 heavy (non-hydrogen) atoms. The van der Waals surface area contributed by atoms with Crippen LogP contribution in [-0.2, 0) is 12.3 Å². The van der Waals surface area contributed by atoms with E-state index in [1.165, 1.54) is 18.5 Å². The Morgan fingerprint density at radius 3 is 2.85 bits per heavy atom. The Hall–Kier alpha value is -1.34. The van der Waals surface area contributed by atoms with Crippen LogP contribution in [0.15, 0.2) is 17.7 Å². The molecule has 1 aliphatic carbocycles. The molecule has 0 amide bonds. The van der Waals surface area contributed by atoms with Gasteiger partial charge in [0.05, 0.1) is 12.9 Å². The van der Waals surface area contributed by atoms with Crippen LogP contribution in [0.3, 0.4) is 0 Å². The molecule has 0 aliphatic heterocycles. The molecular formula is C13H20N6S. The molecule has 2 aromatic heterocycles. The number of hydrogen-bond donors (Lipinski definition) is 1. The number of hydrogen-bond acceptors (Lipinski definition) is 5. The van der Waals surface area contributed by atoms with Crippen molar-refractivity contribution in [2.75, 3.05) is 0 Å². The van der Waals surface area contributed by atoms with Crippen molar-refractivity contribution in [1.29, 1.82) is 0 Å². The van der Waals surface area contributed by atoms with Crippen molar-refractivity contribution in [2.45, 2.75) is 56.2 Å². The summed E-state index contributed by atoms with van der Waals surface area (Å²) < 4.78 is 4.40. The van der Waals surface area contributed by atoms with Crippen molar-refractivity contribution in [2.24, 2.45) is 5.73 Å². The standard InChI is InChI=1S/C13H20N6S/c1-9(2)19-12(5-14)16-17-13(19)20-7-11-6-15-8-18(11)10-3-4-10/h6,8-10H,3-5,7,14H2,1-2H3. The van der Waals surface area contributed by atoms with E-state index in [1.54, 1.807) is 11.8 Å². The van der Waals surface area contributed by atoms with Crippen LogP contribution in [-0.4, -0.2) is 24.3 Å². The lowest BCUT2D eigenvalue weighted by Crippen LogP contribution is -2.11. The summed E-state index contributed by atoms with van der Waals surface area (Å²) in [6.07, 6.45) is 6.43. The lowest BCUT2D eigenvalue weighted by Gasteiger charge is -2.13. The smallest absolute Gasteiger partial charge is 0.191 e. The first kappa shape index (κ1) is 13.6. The highest BCUT2D eigenvalue weighted by atomic mass is 32.2. The third-order valence-electron chi connectivity index (χ3n) is 3.47. The van der Waals surface area contributed by atoms with Gasteiger partial charge in [0, 0.05) is 29.7 Å². The van der Waals surface area contributed by atoms with Gasteiger partial charge in [-0.15, -0.1) is 10.2 Å². The third-order valence-corrected chi connectivity index (χ3v) is 4.45. The second-order valence-electron chi connectivity index (χ2n) is 5.38. The lowest BCUT2D eigenvalue weighted by atomic mass is 10.4. The Balaban J connectivity index is 1.74. The van der Waals surface area contributed by atoms with Crippen molar-refractivity contribution in [1.82, 2.24) is 24.3 Å². The minimum atomic E-state index is 0.319. The molecule has 108 valence electrons. The topological polar surface area (TPSA) is 74.6 Å². The molecule has 2 N–H and O–H groups in total. The second kappa shape index (κ2) is 5.57. The first-order chi connectivity index (χ1) is 9.70. The van der Waals surface area contributed by atoms with Crippen LogP contribution in [0.25, 0.3) is 0 Å². The van der Waals surface area contributed by atoms with E-state index in [4.69, 9.17) is 5.73 Å². The summed E-state index contributed by atoms with van der Waals surface area (Å²) in [7, 11) is 0. The molecule has 2 heterocycles. The normalized spacial score (nSPS) is 15.2. The van der Waals surface area contributed by atoms with Crippen LogP contribution in [0.2, 0.25) is 0 Å². The molecule has 0 unspecified atom stereocenters. The third kappa shape index (κ3) is 2.60. The summed E-state index contributed by atoms with van der Waals surface area (Å²) in [5, 5.41) is 9.37. The fourth-order valence-corrected chi connectivity index (χ4v) is 3.38. The van der Waals surface area contributed by atoms with Gasteiger partial charge in [-0.2, -0.15) is 0 Å². The fraction of sp³-hybridized carbons (Fsp3) is 0.615.